The minimum Gasteiger partial charge on any atom is -0.330 e. The second kappa shape index (κ2) is 8.89. The summed E-state index contributed by atoms with van der Waals surface area (Å²) in [7, 11) is 1.43. The van der Waals surface area contributed by atoms with Crippen LogP contribution in [0.15, 0.2) is 0 Å². The van der Waals surface area contributed by atoms with E-state index in [1.807, 2.05) is 6.92 Å². The van der Waals surface area contributed by atoms with E-state index in [9.17, 15) is 0 Å². The summed E-state index contributed by atoms with van der Waals surface area (Å²) in [6, 6.07) is 0. The van der Waals surface area contributed by atoms with Crippen molar-refractivity contribution in [1.82, 2.24) is 0 Å². The van der Waals surface area contributed by atoms with Crippen LogP contribution in [-0.2, 0) is 24.3 Å². The molecule has 0 aromatic carbocycles. The van der Waals surface area contributed by atoms with Gasteiger partial charge in [-0.15, -0.1) is 0 Å². The van der Waals surface area contributed by atoms with Gasteiger partial charge < -0.3 is 4.74 Å². The molecule has 0 fully saturated rings. The van der Waals surface area contributed by atoms with Crippen LogP contribution in [0.25, 0.3) is 0 Å². The van der Waals surface area contributed by atoms with Gasteiger partial charge in [-0.25, -0.2) is 9.78 Å². The van der Waals surface area contributed by atoms with E-state index >= 15 is 0 Å². The van der Waals surface area contributed by atoms with Gasteiger partial charge in [-0.3, -0.25) is 0 Å². The Morgan fingerprint density at radius 2 is 1.75 bits per heavy atom. The molecule has 74 valence electrons. The molecule has 0 N–H and O–H groups in total. The van der Waals surface area contributed by atoms with Gasteiger partial charge in [-0.2, -0.15) is 9.78 Å². The minimum absolute atomic E-state index is 0.428. The van der Waals surface area contributed by atoms with Crippen LogP contribution in [0.2, 0.25) is 0 Å². The Morgan fingerprint density at radius 1 is 1.08 bits per heavy atom. The first-order chi connectivity index (χ1) is 5.85. The highest BCUT2D eigenvalue weighted by Gasteiger charge is 2.08. The molecule has 0 rings (SSSR count). The SMILES string of the molecule is CCCOOC(OC)OOCC. The van der Waals surface area contributed by atoms with Crippen LogP contribution in [0.5, 0.6) is 0 Å². The molecule has 5 nitrogen and oxygen atoms in total. The maximum atomic E-state index is 4.70. The summed E-state index contributed by atoms with van der Waals surface area (Å²) in [5, 5.41) is 0. The zero-order valence-corrected chi connectivity index (χ0v) is 7.74. The molecule has 12 heavy (non-hydrogen) atoms. The van der Waals surface area contributed by atoms with E-state index in [0.29, 0.717) is 13.2 Å². The molecule has 0 saturated carbocycles. The van der Waals surface area contributed by atoms with Gasteiger partial charge >= 0.3 is 6.48 Å². The van der Waals surface area contributed by atoms with Gasteiger partial charge in [0.05, 0.1) is 13.2 Å². The standard InChI is InChI=1S/C7H16O5/c1-4-6-10-12-7(8-3)11-9-5-2/h7H,4-6H2,1-3H3. The van der Waals surface area contributed by atoms with Crippen LogP contribution < -0.4 is 0 Å². The van der Waals surface area contributed by atoms with Crippen molar-refractivity contribution in [2.75, 3.05) is 20.3 Å². The normalized spacial score (nSPS) is 13.2. The minimum atomic E-state index is -0.920. The Hall–Kier alpha value is -0.200. The first-order valence-electron chi connectivity index (χ1n) is 3.94. The molecular weight excluding hydrogens is 164 g/mol. The van der Waals surface area contributed by atoms with Crippen LogP contribution in [0.3, 0.4) is 0 Å². The summed E-state index contributed by atoms with van der Waals surface area (Å²) < 4.78 is 4.70. The van der Waals surface area contributed by atoms with Gasteiger partial charge in [0.15, 0.2) is 0 Å². The van der Waals surface area contributed by atoms with E-state index in [0.717, 1.165) is 6.42 Å². The first kappa shape index (κ1) is 11.8. The van der Waals surface area contributed by atoms with Crippen LogP contribution in [0.1, 0.15) is 20.3 Å². The third-order valence-electron chi connectivity index (χ3n) is 0.891. The largest absolute Gasteiger partial charge is 0.330 e. The van der Waals surface area contributed by atoms with Crippen molar-refractivity contribution in [3.8, 4) is 0 Å². The summed E-state index contributed by atoms with van der Waals surface area (Å²) in [5.74, 6) is 0. The third-order valence-corrected chi connectivity index (χ3v) is 0.891. The van der Waals surface area contributed by atoms with Crippen LogP contribution in [-0.4, -0.2) is 26.8 Å². The Kier molecular flexibility index (Phi) is 8.74. The third kappa shape index (κ3) is 6.51. The van der Waals surface area contributed by atoms with E-state index in [1.165, 1.54) is 7.11 Å². The van der Waals surface area contributed by atoms with Crippen LogP contribution >= 0.6 is 0 Å². The highest BCUT2D eigenvalue weighted by atomic mass is 17.3. The molecule has 0 heterocycles. The highest BCUT2D eigenvalue weighted by Crippen LogP contribution is 1.97. The lowest BCUT2D eigenvalue weighted by Gasteiger charge is -2.12. The van der Waals surface area contributed by atoms with Gasteiger partial charge in [-0.1, -0.05) is 6.92 Å². The lowest BCUT2D eigenvalue weighted by atomic mass is 10.5. The quantitative estimate of drug-likeness (QED) is 0.243. The molecule has 0 aliphatic rings. The van der Waals surface area contributed by atoms with E-state index in [1.54, 1.807) is 6.92 Å². The fourth-order valence-electron chi connectivity index (χ4n) is 0.405. The number of rotatable bonds is 8. The van der Waals surface area contributed by atoms with Crippen molar-refractivity contribution in [2.24, 2.45) is 0 Å². The average Bonchev–Trinajstić information content (AvgIpc) is 2.11. The molecule has 0 aliphatic heterocycles. The summed E-state index contributed by atoms with van der Waals surface area (Å²) in [5.41, 5.74) is 0. The topological polar surface area (TPSA) is 46.2 Å². The average molecular weight is 180 g/mol. The number of methoxy groups -OCH3 is 1. The summed E-state index contributed by atoms with van der Waals surface area (Å²) in [6.45, 7) is 3.76. The van der Waals surface area contributed by atoms with E-state index in [2.05, 4.69) is 14.7 Å². The van der Waals surface area contributed by atoms with Crippen molar-refractivity contribution in [1.29, 1.82) is 0 Å². The van der Waals surface area contributed by atoms with Crippen LogP contribution in [0, 0.1) is 0 Å². The highest BCUT2D eigenvalue weighted by molar-refractivity contribution is 4.15. The summed E-state index contributed by atoms with van der Waals surface area (Å²) >= 11 is 0. The fraction of sp³-hybridized carbons (Fsp3) is 1.00. The molecule has 0 spiro atoms. The Bertz CT molecular complexity index is 87.9. The van der Waals surface area contributed by atoms with Crippen molar-refractivity contribution in [2.45, 2.75) is 26.7 Å². The molecular formula is C7H16O5. The summed E-state index contributed by atoms with van der Waals surface area (Å²) in [4.78, 5) is 18.6. The molecule has 0 aromatic rings. The molecule has 1 atom stereocenters. The predicted molar refractivity (Wildman–Crippen MR) is 40.8 cm³/mol. The molecule has 0 radical (unpaired) electrons. The van der Waals surface area contributed by atoms with Gasteiger partial charge in [0.1, 0.15) is 0 Å². The monoisotopic (exact) mass is 180 g/mol. The molecule has 0 bridgehead atoms. The maximum Gasteiger partial charge on any atom is 0.328 e. The number of hydrogen-bond donors (Lipinski definition) is 0. The molecule has 0 amide bonds. The number of hydrogen-bond acceptors (Lipinski definition) is 5. The van der Waals surface area contributed by atoms with Crippen LogP contribution in [0.4, 0.5) is 0 Å². The Labute approximate surface area is 72.4 Å². The van der Waals surface area contributed by atoms with Crippen molar-refractivity contribution >= 4 is 0 Å². The Morgan fingerprint density at radius 3 is 2.25 bits per heavy atom. The van der Waals surface area contributed by atoms with Gasteiger partial charge in [0.2, 0.25) is 0 Å². The summed E-state index contributed by atoms with van der Waals surface area (Å²) in [6.07, 6.45) is 0.866. The van der Waals surface area contributed by atoms with Gasteiger partial charge in [0.25, 0.3) is 0 Å². The Balaban J connectivity index is 3.26. The van der Waals surface area contributed by atoms with Crippen molar-refractivity contribution < 1.29 is 24.3 Å². The maximum absolute atomic E-state index is 4.70. The van der Waals surface area contributed by atoms with Crippen molar-refractivity contribution in [3.05, 3.63) is 0 Å². The van der Waals surface area contributed by atoms with Crippen molar-refractivity contribution in [3.63, 3.8) is 0 Å². The lowest BCUT2D eigenvalue weighted by Crippen LogP contribution is -2.20. The molecule has 1 unspecified atom stereocenters. The lowest BCUT2D eigenvalue weighted by molar-refractivity contribution is -0.516. The molecule has 0 aliphatic carbocycles. The number of ether oxygens (including phenoxy) is 1. The smallest absolute Gasteiger partial charge is 0.328 e. The second-order valence-electron chi connectivity index (χ2n) is 1.95. The fourth-order valence-corrected chi connectivity index (χ4v) is 0.405. The first-order valence-corrected chi connectivity index (χ1v) is 3.94. The van der Waals surface area contributed by atoms with Gasteiger partial charge in [0, 0.05) is 7.11 Å². The molecule has 5 heteroatoms. The molecule has 0 aromatic heterocycles. The van der Waals surface area contributed by atoms with E-state index in [4.69, 9.17) is 9.62 Å². The van der Waals surface area contributed by atoms with E-state index in [-0.39, 0.29) is 0 Å². The van der Waals surface area contributed by atoms with E-state index < -0.39 is 6.48 Å². The zero-order chi connectivity index (χ0) is 9.23. The molecule has 0 saturated heterocycles. The predicted octanol–water partition coefficient (Wildman–Crippen LogP) is 1.24. The zero-order valence-electron chi connectivity index (χ0n) is 7.74. The second-order valence-corrected chi connectivity index (χ2v) is 1.95. The van der Waals surface area contributed by atoms with Gasteiger partial charge in [-0.05, 0) is 13.3 Å².